The first-order valence-corrected chi connectivity index (χ1v) is 7.89. The molecule has 1 heterocycles. The van der Waals surface area contributed by atoms with Crippen LogP contribution in [-0.4, -0.2) is 12.4 Å². The van der Waals surface area contributed by atoms with Gasteiger partial charge in [0.1, 0.15) is 5.82 Å². The maximum Gasteiger partial charge on any atom is 0.147 e. The summed E-state index contributed by atoms with van der Waals surface area (Å²) >= 11 is 5.94. The van der Waals surface area contributed by atoms with Crippen molar-refractivity contribution in [3.63, 3.8) is 0 Å². The van der Waals surface area contributed by atoms with Gasteiger partial charge in [-0.2, -0.15) is 0 Å². The van der Waals surface area contributed by atoms with Crippen LogP contribution in [0.4, 0.5) is 4.39 Å². The number of nitrogens with one attached hydrogen (secondary N) is 1. The number of amidine groups is 1. The summed E-state index contributed by atoms with van der Waals surface area (Å²) in [5, 5.41) is 3.56. The van der Waals surface area contributed by atoms with Crippen LogP contribution in [-0.2, 0) is 6.42 Å². The van der Waals surface area contributed by atoms with Crippen LogP contribution >= 0.6 is 11.6 Å². The third kappa shape index (κ3) is 3.47. The summed E-state index contributed by atoms with van der Waals surface area (Å²) in [5.74, 6) is 0.608. The van der Waals surface area contributed by atoms with E-state index in [9.17, 15) is 4.39 Å². The molecule has 1 aliphatic heterocycles. The maximum absolute atomic E-state index is 14.4. The van der Waals surface area contributed by atoms with Gasteiger partial charge < -0.3 is 5.32 Å². The highest BCUT2D eigenvalue weighted by molar-refractivity contribution is 6.30. The van der Waals surface area contributed by atoms with Gasteiger partial charge in [-0.05, 0) is 24.5 Å². The lowest BCUT2D eigenvalue weighted by Gasteiger charge is -2.21. The van der Waals surface area contributed by atoms with Crippen molar-refractivity contribution in [2.75, 3.05) is 6.54 Å². The Bertz CT molecular complexity index is 670. The van der Waals surface area contributed by atoms with Crippen molar-refractivity contribution in [3.05, 3.63) is 70.5 Å². The second kappa shape index (κ2) is 6.93. The molecule has 0 aromatic heterocycles. The van der Waals surface area contributed by atoms with E-state index in [0.29, 0.717) is 12.0 Å². The molecular weight excluding hydrogens is 299 g/mol. The summed E-state index contributed by atoms with van der Waals surface area (Å²) in [6.45, 7) is 0.846. The summed E-state index contributed by atoms with van der Waals surface area (Å²) in [6, 6.07) is 15.1. The van der Waals surface area contributed by atoms with Gasteiger partial charge in [0.15, 0.2) is 0 Å². The molecule has 1 N–H and O–H groups in total. The average Bonchev–Trinajstić information content (AvgIpc) is 3.03. The lowest BCUT2D eigenvalue weighted by Crippen LogP contribution is -2.29. The van der Waals surface area contributed by atoms with Gasteiger partial charge in [-0.3, -0.25) is 4.99 Å². The van der Waals surface area contributed by atoms with E-state index in [1.54, 1.807) is 18.2 Å². The van der Waals surface area contributed by atoms with E-state index < -0.39 is 0 Å². The Labute approximate surface area is 135 Å². The van der Waals surface area contributed by atoms with E-state index in [0.717, 1.165) is 30.8 Å². The fourth-order valence-corrected chi connectivity index (χ4v) is 2.92. The minimum Gasteiger partial charge on any atom is -0.367 e. The molecule has 2 aromatic carbocycles. The standard InChI is InChI=1S/C18H18ClFN2/c19-15-9-4-8-14(18(15)20)16(22-17-10-5-11-21-17)12-13-6-2-1-3-7-13/h1-4,6-9,16H,5,10-12H2,(H,21,22)/t16-/m1/s1. The highest BCUT2D eigenvalue weighted by Gasteiger charge is 2.20. The van der Waals surface area contributed by atoms with E-state index >= 15 is 0 Å². The highest BCUT2D eigenvalue weighted by atomic mass is 35.5. The van der Waals surface area contributed by atoms with Crippen LogP contribution in [0.3, 0.4) is 0 Å². The number of halogens is 2. The van der Waals surface area contributed by atoms with Gasteiger partial charge in [-0.1, -0.05) is 54.1 Å². The van der Waals surface area contributed by atoms with E-state index in [4.69, 9.17) is 11.6 Å². The molecule has 22 heavy (non-hydrogen) atoms. The molecule has 0 spiro atoms. The molecule has 1 atom stereocenters. The number of rotatable bonds is 4. The fraction of sp³-hybridized carbons (Fsp3) is 0.278. The Morgan fingerprint density at radius 1 is 1.14 bits per heavy atom. The summed E-state index contributed by atoms with van der Waals surface area (Å²) < 4.78 is 14.4. The summed E-state index contributed by atoms with van der Waals surface area (Å²) in [5.41, 5.74) is 1.74. The zero-order chi connectivity index (χ0) is 15.4. The van der Waals surface area contributed by atoms with Gasteiger partial charge in [0.25, 0.3) is 0 Å². The fourth-order valence-electron chi connectivity index (χ4n) is 2.74. The predicted molar refractivity (Wildman–Crippen MR) is 89.0 cm³/mol. The third-order valence-corrected chi connectivity index (χ3v) is 4.15. The van der Waals surface area contributed by atoms with Crippen LogP contribution in [0.2, 0.25) is 5.02 Å². The number of aliphatic imine (C=N–C) groups is 1. The molecule has 0 unspecified atom stereocenters. The van der Waals surface area contributed by atoms with Gasteiger partial charge in [-0.25, -0.2) is 4.39 Å². The summed E-state index contributed by atoms with van der Waals surface area (Å²) in [7, 11) is 0. The summed E-state index contributed by atoms with van der Waals surface area (Å²) in [6.07, 6.45) is 2.67. The number of hydrogen-bond acceptors (Lipinski definition) is 2. The van der Waals surface area contributed by atoms with Gasteiger partial charge in [0.05, 0.1) is 16.9 Å². The highest BCUT2D eigenvalue weighted by Crippen LogP contribution is 2.26. The summed E-state index contributed by atoms with van der Waals surface area (Å²) in [4.78, 5) is 4.44. The second-order valence-electron chi connectivity index (χ2n) is 5.46. The molecule has 0 radical (unpaired) electrons. The second-order valence-corrected chi connectivity index (χ2v) is 5.87. The van der Waals surface area contributed by atoms with Gasteiger partial charge in [0.2, 0.25) is 0 Å². The molecule has 2 aromatic rings. The largest absolute Gasteiger partial charge is 0.367 e. The molecule has 114 valence electrons. The van der Waals surface area contributed by atoms with E-state index in [1.807, 2.05) is 30.3 Å². The Hall–Kier alpha value is -1.87. The van der Waals surface area contributed by atoms with Gasteiger partial charge in [-0.15, -0.1) is 0 Å². The minimum atomic E-state index is -0.351. The Morgan fingerprint density at radius 3 is 2.68 bits per heavy atom. The molecule has 3 rings (SSSR count). The molecule has 0 aliphatic carbocycles. The zero-order valence-corrected chi connectivity index (χ0v) is 13.0. The first-order valence-electron chi connectivity index (χ1n) is 7.52. The van der Waals surface area contributed by atoms with Crippen LogP contribution in [0.5, 0.6) is 0 Å². The van der Waals surface area contributed by atoms with Crippen molar-refractivity contribution >= 4 is 17.4 Å². The molecule has 2 nitrogen and oxygen atoms in total. The number of benzene rings is 2. The smallest absolute Gasteiger partial charge is 0.147 e. The molecule has 0 bridgehead atoms. The monoisotopic (exact) mass is 316 g/mol. The van der Waals surface area contributed by atoms with Crippen molar-refractivity contribution in [3.8, 4) is 0 Å². The topological polar surface area (TPSA) is 24.4 Å². The lowest BCUT2D eigenvalue weighted by atomic mass is 9.98. The Balaban J connectivity index is 1.89. The van der Waals surface area contributed by atoms with Gasteiger partial charge in [0, 0.05) is 18.5 Å². The number of nitrogens with zero attached hydrogens (tertiary/aromatic N) is 1. The van der Waals surface area contributed by atoms with Crippen molar-refractivity contribution in [1.82, 2.24) is 5.32 Å². The van der Waals surface area contributed by atoms with Crippen LogP contribution < -0.4 is 5.32 Å². The van der Waals surface area contributed by atoms with E-state index in [-0.39, 0.29) is 16.9 Å². The molecule has 4 heteroatoms. The van der Waals surface area contributed by atoms with E-state index in [2.05, 4.69) is 10.3 Å². The quantitative estimate of drug-likeness (QED) is 0.879. The number of hydrogen-bond donors (Lipinski definition) is 1. The molecule has 0 fully saturated rings. The van der Waals surface area contributed by atoms with Crippen LogP contribution in [0.25, 0.3) is 0 Å². The van der Waals surface area contributed by atoms with Crippen LogP contribution in [0, 0.1) is 5.82 Å². The molecule has 0 saturated heterocycles. The van der Waals surface area contributed by atoms with Crippen LogP contribution in [0.1, 0.15) is 30.0 Å². The average molecular weight is 317 g/mol. The third-order valence-electron chi connectivity index (χ3n) is 3.85. The molecule has 1 aliphatic rings. The Morgan fingerprint density at radius 2 is 1.95 bits per heavy atom. The zero-order valence-electron chi connectivity index (χ0n) is 12.2. The van der Waals surface area contributed by atoms with Crippen molar-refractivity contribution in [2.45, 2.75) is 25.3 Å². The van der Waals surface area contributed by atoms with Crippen LogP contribution in [0.15, 0.2) is 53.5 Å². The molecular formula is C18H18ClFN2. The normalized spacial score (nSPS) is 15.5. The SMILES string of the molecule is Fc1c(Cl)cccc1[C@@H](Cc1ccccc1)NC1=NCCC1. The lowest BCUT2D eigenvalue weighted by molar-refractivity contribution is 0.556. The first-order chi connectivity index (χ1) is 10.7. The predicted octanol–water partition coefficient (Wildman–Crippen LogP) is 4.54. The molecule has 0 amide bonds. The van der Waals surface area contributed by atoms with Gasteiger partial charge >= 0.3 is 0 Å². The minimum absolute atomic E-state index is 0.158. The van der Waals surface area contributed by atoms with E-state index in [1.165, 1.54) is 0 Å². The van der Waals surface area contributed by atoms with Crippen molar-refractivity contribution in [1.29, 1.82) is 0 Å². The van der Waals surface area contributed by atoms with Crippen molar-refractivity contribution < 1.29 is 4.39 Å². The van der Waals surface area contributed by atoms with Crippen molar-refractivity contribution in [2.24, 2.45) is 4.99 Å². The molecule has 0 saturated carbocycles. The Kier molecular flexibility index (Phi) is 4.74. The first kappa shape index (κ1) is 15.0. The maximum atomic E-state index is 14.4.